The zero-order valence-corrected chi connectivity index (χ0v) is 26.3. The standard InChI is InChI=1S/C34H42ClN3O4/c1-8-34(6,7)38(31(40)27(22-24-17-11-9-12-18-24)36-32(41)42-33(3,4)5)29(25-19-13-10-14-20-25)30(39)37-28-23(2)16-15-21-26(28)35/h9-21,27,29H,8,22H2,1-7H3,(H,36,41)(H,37,39). The number of benzene rings is 3. The first kappa shape index (κ1) is 32.7. The molecule has 42 heavy (non-hydrogen) atoms. The summed E-state index contributed by atoms with van der Waals surface area (Å²) in [6.45, 7) is 13.0. The molecule has 224 valence electrons. The first-order chi connectivity index (χ1) is 19.7. The minimum absolute atomic E-state index is 0.210. The number of ether oxygens (including phenoxy) is 1. The van der Waals surface area contributed by atoms with E-state index in [9.17, 15) is 14.4 Å². The maximum Gasteiger partial charge on any atom is 0.408 e. The van der Waals surface area contributed by atoms with Crippen LogP contribution in [0.25, 0.3) is 0 Å². The molecule has 0 saturated carbocycles. The summed E-state index contributed by atoms with van der Waals surface area (Å²) in [6, 6.07) is 22.0. The van der Waals surface area contributed by atoms with Crippen molar-refractivity contribution in [2.24, 2.45) is 0 Å². The molecule has 0 aliphatic heterocycles. The SMILES string of the molecule is CCC(C)(C)N(C(=O)C(Cc1ccccc1)NC(=O)OC(C)(C)C)C(C(=O)Nc1c(C)cccc1Cl)c1ccccc1. The van der Waals surface area contributed by atoms with E-state index < -0.39 is 41.1 Å². The lowest BCUT2D eigenvalue weighted by molar-refractivity contribution is -0.147. The number of alkyl carbamates (subject to hydrolysis) is 1. The van der Waals surface area contributed by atoms with E-state index in [1.165, 1.54) is 0 Å². The molecule has 0 spiro atoms. The van der Waals surface area contributed by atoms with Gasteiger partial charge < -0.3 is 20.3 Å². The molecule has 3 aromatic carbocycles. The molecular weight excluding hydrogens is 550 g/mol. The fraction of sp³-hybridized carbons (Fsp3) is 0.382. The lowest BCUT2D eigenvalue weighted by atomic mass is 9.91. The molecule has 0 aromatic heterocycles. The van der Waals surface area contributed by atoms with Crippen molar-refractivity contribution in [2.45, 2.75) is 84.5 Å². The Labute approximate surface area is 254 Å². The molecule has 2 unspecified atom stereocenters. The molecule has 2 atom stereocenters. The molecule has 0 aliphatic carbocycles. The first-order valence-electron chi connectivity index (χ1n) is 14.2. The van der Waals surface area contributed by atoms with Crippen LogP contribution in [0.3, 0.4) is 0 Å². The van der Waals surface area contributed by atoms with Crippen LogP contribution >= 0.6 is 11.6 Å². The summed E-state index contributed by atoms with van der Waals surface area (Å²) < 4.78 is 5.53. The fourth-order valence-corrected chi connectivity index (χ4v) is 4.92. The van der Waals surface area contributed by atoms with Crippen molar-refractivity contribution in [3.8, 4) is 0 Å². The normalized spacial score (nSPS) is 13.0. The van der Waals surface area contributed by atoms with E-state index >= 15 is 0 Å². The van der Waals surface area contributed by atoms with Gasteiger partial charge >= 0.3 is 6.09 Å². The molecule has 0 bridgehead atoms. The summed E-state index contributed by atoms with van der Waals surface area (Å²) in [5.41, 5.74) is 1.23. The molecule has 0 radical (unpaired) electrons. The average Bonchev–Trinajstić information content (AvgIpc) is 2.93. The Hall–Kier alpha value is -3.84. The number of amides is 3. The molecule has 0 heterocycles. The summed E-state index contributed by atoms with van der Waals surface area (Å²) >= 11 is 6.48. The summed E-state index contributed by atoms with van der Waals surface area (Å²) in [5.74, 6) is -0.820. The number of carbonyl (C=O) groups excluding carboxylic acids is 3. The van der Waals surface area contributed by atoms with Gasteiger partial charge in [-0.15, -0.1) is 0 Å². The van der Waals surface area contributed by atoms with Crippen molar-refractivity contribution in [1.29, 1.82) is 0 Å². The van der Waals surface area contributed by atoms with Crippen molar-refractivity contribution < 1.29 is 19.1 Å². The van der Waals surface area contributed by atoms with Crippen LogP contribution in [0.5, 0.6) is 0 Å². The van der Waals surface area contributed by atoms with Crippen LogP contribution in [0.2, 0.25) is 5.02 Å². The van der Waals surface area contributed by atoms with Crippen LogP contribution in [-0.2, 0) is 20.7 Å². The van der Waals surface area contributed by atoms with Gasteiger partial charge in [0.05, 0.1) is 10.7 Å². The van der Waals surface area contributed by atoms with Crippen LogP contribution in [0.15, 0.2) is 78.9 Å². The Bertz CT molecular complexity index is 1350. The lowest BCUT2D eigenvalue weighted by Crippen LogP contribution is -2.59. The number of nitrogens with one attached hydrogen (secondary N) is 2. The van der Waals surface area contributed by atoms with Gasteiger partial charge in [0.2, 0.25) is 5.91 Å². The fourth-order valence-electron chi connectivity index (χ4n) is 4.65. The predicted octanol–water partition coefficient (Wildman–Crippen LogP) is 7.48. The quantitative estimate of drug-likeness (QED) is 0.256. The van der Waals surface area contributed by atoms with E-state index in [-0.39, 0.29) is 6.42 Å². The van der Waals surface area contributed by atoms with E-state index in [2.05, 4.69) is 10.6 Å². The largest absolute Gasteiger partial charge is 0.444 e. The molecular formula is C34H42ClN3O4. The Morgan fingerprint density at radius 2 is 1.48 bits per heavy atom. The van der Waals surface area contributed by atoms with Crippen molar-refractivity contribution in [3.63, 3.8) is 0 Å². The van der Waals surface area contributed by atoms with Crippen molar-refractivity contribution in [3.05, 3.63) is 101 Å². The monoisotopic (exact) mass is 591 g/mol. The van der Waals surface area contributed by atoms with Gasteiger partial charge in [0.15, 0.2) is 0 Å². The number of aryl methyl sites for hydroxylation is 1. The van der Waals surface area contributed by atoms with Crippen LogP contribution in [0.1, 0.15) is 70.7 Å². The highest BCUT2D eigenvalue weighted by atomic mass is 35.5. The third kappa shape index (κ3) is 8.58. The number of hydrogen-bond acceptors (Lipinski definition) is 4. The summed E-state index contributed by atoms with van der Waals surface area (Å²) in [6.07, 6.45) is 0.0471. The molecule has 3 rings (SSSR count). The van der Waals surface area contributed by atoms with E-state index in [1.54, 1.807) is 31.7 Å². The second-order valence-corrected chi connectivity index (χ2v) is 12.4. The van der Waals surface area contributed by atoms with E-state index in [0.29, 0.717) is 22.7 Å². The second-order valence-electron chi connectivity index (χ2n) is 12.0. The second kappa shape index (κ2) is 13.9. The molecule has 8 heteroatoms. The number of hydrogen-bond donors (Lipinski definition) is 2. The Balaban J connectivity index is 2.13. The minimum Gasteiger partial charge on any atom is -0.444 e. The zero-order valence-electron chi connectivity index (χ0n) is 25.5. The zero-order chi connectivity index (χ0) is 31.1. The molecule has 2 N–H and O–H groups in total. The van der Waals surface area contributed by atoms with Crippen molar-refractivity contribution in [1.82, 2.24) is 10.2 Å². The molecule has 7 nitrogen and oxygen atoms in total. The topological polar surface area (TPSA) is 87.7 Å². The summed E-state index contributed by atoms with van der Waals surface area (Å²) in [5, 5.41) is 6.20. The first-order valence-corrected chi connectivity index (χ1v) is 14.6. The number of rotatable bonds is 10. The molecule has 0 saturated heterocycles. The maximum atomic E-state index is 14.7. The minimum atomic E-state index is -1.02. The maximum absolute atomic E-state index is 14.7. The Kier molecular flexibility index (Phi) is 10.8. The number of halogens is 1. The third-order valence-electron chi connectivity index (χ3n) is 7.12. The van der Waals surface area contributed by atoms with Gasteiger partial charge in [-0.1, -0.05) is 91.3 Å². The van der Waals surface area contributed by atoms with Crippen molar-refractivity contribution >= 4 is 35.2 Å². The molecule has 3 aromatic rings. The summed E-state index contributed by atoms with van der Waals surface area (Å²) in [4.78, 5) is 43.5. The highest BCUT2D eigenvalue weighted by molar-refractivity contribution is 6.34. The Morgan fingerprint density at radius 3 is 2.02 bits per heavy atom. The van der Waals surface area contributed by atoms with E-state index in [0.717, 1.165) is 11.1 Å². The van der Waals surface area contributed by atoms with Gasteiger partial charge in [-0.25, -0.2) is 4.79 Å². The smallest absolute Gasteiger partial charge is 0.408 e. The molecule has 0 aliphatic rings. The number of carbonyl (C=O) groups is 3. The van der Waals surface area contributed by atoms with Crippen LogP contribution in [-0.4, -0.2) is 40.0 Å². The van der Waals surface area contributed by atoms with Gasteiger partial charge in [0, 0.05) is 12.0 Å². The number of nitrogens with zero attached hydrogens (tertiary/aromatic N) is 1. The number of anilines is 1. The highest BCUT2D eigenvalue weighted by Crippen LogP contribution is 2.34. The van der Waals surface area contributed by atoms with E-state index in [1.807, 2.05) is 100 Å². The predicted molar refractivity (Wildman–Crippen MR) is 169 cm³/mol. The van der Waals surface area contributed by atoms with Gasteiger partial charge in [-0.05, 0) is 70.7 Å². The van der Waals surface area contributed by atoms with Crippen LogP contribution in [0.4, 0.5) is 10.5 Å². The van der Waals surface area contributed by atoms with Crippen molar-refractivity contribution in [2.75, 3.05) is 5.32 Å². The highest BCUT2D eigenvalue weighted by Gasteiger charge is 2.43. The lowest BCUT2D eigenvalue weighted by Gasteiger charge is -2.44. The van der Waals surface area contributed by atoms with Crippen LogP contribution in [0, 0.1) is 6.92 Å². The molecule has 3 amide bonds. The van der Waals surface area contributed by atoms with Gasteiger partial charge in [-0.2, -0.15) is 0 Å². The number of para-hydroxylation sites is 1. The van der Waals surface area contributed by atoms with E-state index in [4.69, 9.17) is 16.3 Å². The van der Waals surface area contributed by atoms with Gasteiger partial charge in [0.1, 0.15) is 17.7 Å². The third-order valence-corrected chi connectivity index (χ3v) is 7.43. The average molecular weight is 592 g/mol. The summed E-state index contributed by atoms with van der Waals surface area (Å²) in [7, 11) is 0. The van der Waals surface area contributed by atoms with Gasteiger partial charge in [-0.3, -0.25) is 9.59 Å². The van der Waals surface area contributed by atoms with Crippen LogP contribution < -0.4 is 10.6 Å². The Morgan fingerprint density at radius 1 is 0.881 bits per heavy atom. The van der Waals surface area contributed by atoms with Gasteiger partial charge in [0.25, 0.3) is 5.91 Å². The molecule has 0 fully saturated rings.